The van der Waals surface area contributed by atoms with Gasteiger partial charge in [0.15, 0.2) is 14.2 Å². The summed E-state index contributed by atoms with van der Waals surface area (Å²) in [7, 11) is -2.96. The van der Waals surface area contributed by atoms with E-state index < -0.39 is 9.84 Å². The van der Waals surface area contributed by atoms with E-state index >= 15 is 0 Å². The molecule has 2 fully saturated rings. The second-order valence-electron chi connectivity index (χ2n) is 5.46. The van der Waals surface area contributed by atoms with Gasteiger partial charge in [0.25, 0.3) is 0 Å². The smallest absolute Gasteiger partial charge is 0.233 e. The number of amides is 1. The van der Waals surface area contributed by atoms with Crippen LogP contribution in [0.15, 0.2) is 4.34 Å². The van der Waals surface area contributed by atoms with E-state index in [1.54, 1.807) is 0 Å². The van der Waals surface area contributed by atoms with E-state index in [0.717, 1.165) is 22.2 Å². The standard InChI is InChI=1S/C12H17N3O3S3/c1-8-13-14-12(20-8)19-6-11(16)15(9-2-3-9)10-4-5-21(17,18)7-10/h9-10H,2-7H2,1H3/t10-/m1/s1. The minimum Gasteiger partial charge on any atom is -0.335 e. The number of sulfone groups is 1. The van der Waals surface area contributed by atoms with E-state index in [0.29, 0.717) is 12.2 Å². The van der Waals surface area contributed by atoms with Crippen LogP contribution in [0.2, 0.25) is 0 Å². The van der Waals surface area contributed by atoms with Crippen molar-refractivity contribution in [3.05, 3.63) is 5.01 Å². The topological polar surface area (TPSA) is 80.2 Å². The summed E-state index contributed by atoms with van der Waals surface area (Å²) in [6.45, 7) is 1.88. The van der Waals surface area contributed by atoms with Crippen LogP contribution in [0.25, 0.3) is 0 Å². The lowest BCUT2D eigenvalue weighted by Gasteiger charge is -2.28. The van der Waals surface area contributed by atoms with Gasteiger partial charge in [0.1, 0.15) is 5.01 Å². The summed E-state index contributed by atoms with van der Waals surface area (Å²) in [6.07, 6.45) is 2.56. The number of hydrogen-bond acceptors (Lipinski definition) is 7. The van der Waals surface area contributed by atoms with Crippen LogP contribution >= 0.6 is 23.1 Å². The van der Waals surface area contributed by atoms with Gasteiger partial charge in [-0.25, -0.2) is 8.42 Å². The third kappa shape index (κ3) is 3.75. The van der Waals surface area contributed by atoms with Gasteiger partial charge in [-0.3, -0.25) is 4.79 Å². The molecule has 3 rings (SSSR count). The van der Waals surface area contributed by atoms with Crippen LogP contribution in [0.1, 0.15) is 24.3 Å². The third-order valence-electron chi connectivity index (χ3n) is 3.66. The van der Waals surface area contributed by atoms with Crippen LogP contribution in [0, 0.1) is 6.92 Å². The molecule has 0 bridgehead atoms. The van der Waals surface area contributed by atoms with Crippen molar-refractivity contribution in [3.8, 4) is 0 Å². The van der Waals surface area contributed by atoms with Crippen LogP contribution in [-0.2, 0) is 14.6 Å². The second-order valence-corrected chi connectivity index (χ2v) is 10.1. The molecule has 1 saturated carbocycles. The molecule has 0 aromatic carbocycles. The minimum atomic E-state index is -2.96. The Morgan fingerprint density at radius 2 is 2.10 bits per heavy atom. The summed E-state index contributed by atoms with van der Waals surface area (Å²) in [5, 5.41) is 8.80. The Morgan fingerprint density at radius 1 is 1.33 bits per heavy atom. The van der Waals surface area contributed by atoms with E-state index in [4.69, 9.17) is 0 Å². The molecule has 9 heteroatoms. The van der Waals surface area contributed by atoms with Gasteiger partial charge < -0.3 is 4.90 Å². The first-order valence-corrected chi connectivity index (χ1v) is 10.5. The van der Waals surface area contributed by atoms with Gasteiger partial charge in [-0.15, -0.1) is 10.2 Å². The van der Waals surface area contributed by atoms with Crippen LogP contribution in [0.5, 0.6) is 0 Å². The molecule has 0 spiro atoms. The lowest BCUT2D eigenvalue weighted by Crippen LogP contribution is -2.43. The maximum absolute atomic E-state index is 12.5. The number of thioether (sulfide) groups is 1. The first-order valence-electron chi connectivity index (χ1n) is 6.89. The van der Waals surface area contributed by atoms with E-state index in [2.05, 4.69) is 10.2 Å². The molecule has 0 N–H and O–H groups in total. The summed E-state index contributed by atoms with van der Waals surface area (Å²) in [5.74, 6) is 0.661. The monoisotopic (exact) mass is 347 g/mol. The number of aryl methyl sites for hydroxylation is 1. The molecule has 6 nitrogen and oxygen atoms in total. The Bertz CT molecular complexity index is 639. The summed E-state index contributed by atoms with van der Waals surface area (Å²) in [4.78, 5) is 14.3. The van der Waals surface area contributed by atoms with Crippen molar-refractivity contribution in [2.45, 2.75) is 42.6 Å². The highest BCUT2D eigenvalue weighted by Gasteiger charge is 2.41. The molecule has 21 heavy (non-hydrogen) atoms. The predicted molar refractivity (Wildman–Crippen MR) is 82.3 cm³/mol. The maximum atomic E-state index is 12.5. The average Bonchev–Trinajstić information content (AvgIpc) is 3.05. The molecule has 2 heterocycles. The molecule has 116 valence electrons. The zero-order chi connectivity index (χ0) is 15.0. The van der Waals surface area contributed by atoms with Gasteiger partial charge in [-0.2, -0.15) is 0 Å². The number of carbonyl (C=O) groups excluding carboxylic acids is 1. The van der Waals surface area contributed by atoms with Gasteiger partial charge in [0.05, 0.1) is 17.3 Å². The molecule has 1 aromatic heterocycles. The molecule has 1 atom stereocenters. The minimum absolute atomic E-state index is 0.0254. The summed E-state index contributed by atoms with van der Waals surface area (Å²) < 4.78 is 24.1. The van der Waals surface area contributed by atoms with Gasteiger partial charge in [-0.1, -0.05) is 23.1 Å². The highest BCUT2D eigenvalue weighted by molar-refractivity contribution is 8.01. The number of rotatable bonds is 5. The molecular weight excluding hydrogens is 330 g/mol. The van der Waals surface area contributed by atoms with E-state index in [9.17, 15) is 13.2 Å². The van der Waals surface area contributed by atoms with E-state index in [1.807, 2.05) is 11.8 Å². The Balaban J connectivity index is 1.62. The van der Waals surface area contributed by atoms with Gasteiger partial charge in [-0.05, 0) is 26.2 Å². The predicted octanol–water partition coefficient (Wildman–Crippen LogP) is 1.12. The zero-order valence-corrected chi connectivity index (χ0v) is 14.1. The van der Waals surface area contributed by atoms with E-state index in [1.165, 1.54) is 23.1 Å². The molecule has 0 radical (unpaired) electrons. The van der Waals surface area contributed by atoms with Crippen LogP contribution in [0.3, 0.4) is 0 Å². The highest BCUT2D eigenvalue weighted by Crippen LogP contribution is 2.33. The first kappa shape index (κ1) is 15.2. The number of nitrogens with zero attached hydrogens (tertiary/aromatic N) is 3. The number of carbonyl (C=O) groups is 1. The van der Waals surface area contributed by atoms with Crippen molar-refractivity contribution >= 4 is 38.8 Å². The Kier molecular flexibility index (Phi) is 4.24. The average molecular weight is 347 g/mol. The lowest BCUT2D eigenvalue weighted by molar-refractivity contribution is -0.130. The van der Waals surface area contributed by atoms with Crippen LogP contribution in [-0.4, -0.2) is 58.8 Å². The number of aromatic nitrogens is 2. The quantitative estimate of drug-likeness (QED) is 0.743. The van der Waals surface area contributed by atoms with Crippen LogP contribution < -0.4 is 0 Å². The fourth-order valence-electron chi connectivity index (χ4n) is 2.59. The van der Waals surface area contributed by atoms with Crippen molar-refractivity contribution in [3.63, 3.8) is 0 Å². The van der Waals surface area contributed by atoms with Crippen molar-refractivity contribution in [2.24, 2.45) is 0 Å². The fraction of sp³-hybridized carbons (Fsp3) is 0.750. The summed E-state index contributed by atoms with van der Waals surface area (Å²) in [5.41, 5.74) is 0. The third-order valence-corrected chi connectivity index (χ3v) is 7.36. The van der Waals surface area contributed by atoms with Crippen molar-refractivity contribution < 1.29 is 13.2 Å². The van der Waals surface area contributed by atoms with Gasteiger partial charge >= 0.3 is 0 Å². The number of hydrogen-bond donors (Lipinski definition) is 0. The molecular formula is C12H17N3O3S3. The molecule has 0 unspecified atom stereocenters. The molecule has 1 saturated heterocycles. The molecule has 1 aromatic rings. The second kappa shape index (κ2) is 5.85. The van der Waals surface area contributed by atoms with E-state index in [-0.39, 0.29) is 29.5 Å². The SMILES string of the molecule is Cc1nnc(SCC(=O)N(C2CC2)[C@@H]2CCS(=O)(=O)C2)s1. The van der Waals surface area contributed by atoms with Crippen molar-refractivity contribution in [2.75, 3.05) is 17.3 Å². The van der Waals surface area contributed by atoms with Gasteiger partial charge in [0.2, 0.25) is 5.91 Å². The molecule has 1 aliphatic heterocycles. The molecule has 1 amide bonds. The normalized spacial score (nSPS) is 24.1. The zero-order valence-electron chi connectivity index (χ0n) is 11.7. The Hall–Kier alpha value is -0.670. The van der Waals surface area contributed by atoms with Crippen LogP contribution in [0.4, 0.5) is 0 Å². The maximum Gasteiger partial charge on any atom is 0.233 e. The largest absolute Gasteiger partial charge is 0.335 e. The van der Waals surface area contributed by atoms with Crippen molar-refractivity contribution in [1.82, 2.24) is 15.1 Å². The van der Waals surface area contributed by atoms with Gasteiger partial charge in [0, 0.05) is 12.1 Å². The Labute approximate surface area is 132 Å². The Morgan fingerprint density at radius 3 is 2.62 bits per heavy atom. The molecule has 1 aliphatic carbocycles. The highest BCUT2D eigenvalue weighted by atomic mass is 32.2. The van der Waals surface area contributed by atoms with Crippen molar-refractivity contribution in [1.29, 1.82) is 0 Å². The summed E-state index contributed by atoms with van der Waals surface area (Å²) in [6, 6.07) is 0.110. The fourth-order valence-corrected chi connectivity index (χ4v) is 5.98. The summed E-state index contributed by atoms with van der Waals surface area (Å²) >= 11 is 2.86. The molecule has 2 aliphatic rings. The lowest BCUT2D eigenvalue weighted by atomic mass is 10.2. The first-order chi connectivity index (χ1) is 9.94.